The molecular formula is C7H13NO2. The van der Waals surface area contributed by atoms with Gasteiger partial charge in [0.2, 0.25) is 5.91 Å². The van der Waals surface area contributed by atoms with Crippen LogP contribution < -0.4 is 5.32 Å². The normalized spacial score (nSPS) is 32.4. The number of aliphatic hydroxyl groups is 1. The minimum absolute atomic E-state index is 0.0116. The fraction of sp³-hybridized carbons (Fsp3) is 0.857. The van der Waals surface area contributed by atoms with Crippen LogP contribution in [0.2, 0.25) is 0 Å². The summed E-state index contributed by atoms with van der Waals surface area (Å²) < 4.78 is 0. The lowest BCUT2D eigenvalue weighted by Gasteiger charge is -2.20. The second-order valence-corrected chi connectivity index (χ2v) is 2.80. The minimum atomic E-state index is -0.458. The van der Waals surface area contributed by atoms with Gasteiger partial charge >= 0.3 is 0 Å². The summed E-state index contributed by atoms with van der Waals surface area (Å²) in [5, 5.41) is 11.6. The van der Waals surface area contributed by atoms with Crippen molar-refractivity contribution in [2.24, 2.45) is 5.41 Å². The Morgan fingerprint density at radius 2 is 2.50 bits per heavy atom. The van der Waals surface area contributed by atoms with Crippen LogP contribution in [0.5, 0.6) is 0 Å². The van der Waals surface area contributed by atoms with Crippen molar-refractivity contribution in [1.29, 1.82) is 0 Å². The van der Waals surface area contributed by atoms with Crippen molar-refractivity contribution in [2.45, 2.75) is 19.8 Å². The van der Waals surface area contributed by atoms with Gasteiger partial charge in [0, 0.05) is 6.54 Å². The van der Waals surface area contributed by atoms with E-state index in [1.54, 1.807) is 0 Å². The molecule has 0 spiro atoms. The summed E-state index contributed by atoms with van der Waals surface area (Å²) in [6.45, 7) is 2.63. The molecule has 0 aromatic rings. The molecule has 0 radical (unpaired) electrons. The Balaban J connectivity index is 2.71. The number of carbonyl (C=O) groups excluding carboxylic acids is 1. The molecule has 1 heterocycles. The Kier molecular flexibility index (Phi) is 1.94. The van der Waals surface area contributed by atoms with Crippen LogP contribution in [-0.4, -0.2) is 24.2 Å². The molecule has 1 atom stereocenters. The molecule has 10 heavy (non-hydrogen) atoms. The number of amides is 1. The van der Waals surface area contributed by atoms with E-state index >= 15 is 0 Å². The van der Waals surface area contributed by atoms with Gasteiger partial charge in [0.15, 0.2) is 0 Å². The molecule has 1 aliphatic rings. The molecule has 0 aromatic carbocycles. The maximum atomic E-state index is 11.1. The smallest absolute Gasteiger partial charge is 0.228 e. The molecule has 1 fully saturated rings. The number of aliphatic hydroxyl groups excluding tert-OH is 1. The van der Waals surface area contributed by atoms with E-state index in [4.69, 9.17) is 5.11 Å². The number of carbonyl (C=O) groups is 1. The van der Waals surface area contributed by atoms with Gasteiger partial charge in [-0.15, -0.1) is 0 Å². The minimum Gasteiger partial charge on any atom is -0.395 e. The first-order valence-corrected chi connectivity index (χ1v) is 3.64. The standard InChI is InChI=1S/C7H13NO2/c1-2-7(5-9)3-4-8-6(7)10/h9H,2-5H2,1H3,(H,8,10)/t7-/m1/s1. The average Bonchev–Trinajstić information content (AvgIpc) is 2.32. The molecule has 0 unspecified atom stereocenters. The van der Waals surface area contributed by atoms with Gasteiger partial charge in [0.25, 0.3) is 0 Å². The molecule has 3 nitrogen and oxygen atoms in total. The van der Waals surface area contributed by atoms with Gasteiger partial charge in [0.05, 0.1) is 12.0 Å². The van der Waals surface area contributed by atoms with E-state index in [1.807, 2.05) is 6.92 Å². The first-order valence-electron chi connectivity index (χ1n) is 3.64. The predicted octanol–water partition coefficient (Wildman–Crippen LogP) is -0.105. The third kappa shape index (κ3) is 0.904. The fourth-order valence-corrected chi connectivity index (χ4v) is 1.32. The molecule has 1 saturated heterocycles. The van der Waals surface area contributed by atoms with E-state index in [0.29, 0.717) is 6.54 Å². The highest BCUT2D eigenvalue weighted by molar-refractivity contribution is 5.84. The molecule has 0 aliphatic carbocycles. The Hall–Kier alpha value is -0.570. The van der Waals surface area contributed by atoms with Crippen LogP contribution in [0.15, 0.2) is 0 Å². The summed E-state index contributed by atoms with van der Waals surface area (Å²) in [6, 6.07) is 0. The van der Waals surface area contributed by atoms with Gasteiger partial charge in [-0.25, -0.2) is 0 Å². The predicted molar refractivity (Wildman–Crippen MR) is 37.4 cm³/mol. The first kappa shape index (κ1) is 7.54. The highest BCUT2D eigenvalue weighted by Crippen LogP contribution is 2.29. The van der Waals surface area contributed by atoms with Crippen LogP contribution in [0.3, 0.4) is 0 Å². The topological polar surface area (TPSA) is 49.3 Å². The number of hydrogen-bond acceptors (Lipinski definition) is 2. The Morgan fingerprint density at radius 1 is 1.80 bits per heavy atom. The highest BCUT2D eigenvalue weighted by Gasteiger charge is 2.39. The molecule has 1 amide bonds. The van der Waals surface area contributed by atoms with Crippen LogP contribution in [0.25, 0.3) is 0 Å². The molecule has 0 saturated carbocycles. The first-order chi connectivity index (χ1) is 4.75. The summed E-state index contributed by atoms with van der Waals surface area (Å²) in [5.41, 5.74) is -0.458. The van der Waals surface area contributed by atoms with Gasteiger partial charge in [-0.05, 0) is 12.8 Å². The maximum Gasteiger partial charge on any atom is 0.228 e. The lowest BCUT2D eigenvalue weighted by molar-refractivity contribution is -0.129. The van der Waals surface area contributed by atoms with Crippen molar-refractivity contribution >= 4 is 5.91 Å². The molecule has 58 valence electrons. The van der Waals surface area contributed by atoms with Gasteiger partial charge in [-0.1, -0.05) is 6.92 Å². The number of hydrogen-bond donors (Lipinski definition) is 2. The summed E-state index contributed by atoms with van der Waals surface area (Å²) in [7, 11) is 0. The number of nitrogens with one attached hydrogen (secondary N) is 1. The molecule has 0 aromatic heterocycles. The zero-order chi connectivity index (χ0) is 7.61. The summed E-state index contributed by atoms with van der Waals surface area (Å²) in [4.78, 5) is 11.1. The summed E-state index contributed by atoms with van der Waals surface area (Å²) >= 11 is 0. The van der Waals surface area contributed by atoms with Gasteiger partial charge in [-0.2, -0.15) is 0 Å². The van der Waals surface area contributed by atoms with Crippen LogP contribution >= 0.6 is 0 Å². The lowest BCUT2D eigenvalue weighted by atomic mass is 9.85. The van der Waals surface area contributed by atoms with Crippen molar-refractivity contribution in [2.75, 3.05) is 13.2 Å². The second-order valence-electron chi connectivity index (χ2n) is 2.80. The third-order valence-corrected chi connectivity index (χ3v) is 2.35. The molecular weight excluding hydrogens is 130 g/mol. The van der Waals surface area contributed by atoms with E-state index < -0.39 is 5.41 Å². The zero-order valence-corrected chi connectivity index (χ0v) is 6.18. The molecule has 0 bridgehead atoms. The summed E-state index contributed by atoms with van der Waals surface area (Å²) in [6.07, 6.45) is 1.51. The Morgan fingerprint density at radius 3 is 2.70 bits per heavy atom. The van der Waals surface area contributed by atoms with Crippen molar-refractivity contribution in [3.8, 4) is 0 Å². The van der Waals surface area contributed by atoms with Crippen LogP contribution in [0.1, 0.15) is 19.8 Å². The monoisotopic (exact) mass is 143 g/mol. The SMILES string of the molecule is CC[C@]1(CO)CCNC1=O. The van der Waals surface area contributed by atoms with Crippen LogP contribution in [0.4, 0.5) is 0 Å². The van der Waals surface area contributed by atoms with Crippen LogP contribution in [0, 0.1) is 5.41 Å². The van der Waals surface area contributed by atoms with Crippen molar-refractivity contribution in [3.05, 3.63) is 0 Å². The van der Waals surface area contributed by atoms with E-state index in [-0.39, 0.29) is 12.5 Å². The third-order valence-electron chi connectivity index (χ3n) is 2.35. The van der Waals surface area contributed by atoms with Crippen molar-refractivity contribution in [3.63, 3.8) is 0 Å². The largest absolute Gasteiger partial charge is 0.395 e. The van der Waals surface area contributed by atoms with E-state index in [9.17, 15) is 4.79 Å². The van der Waals surface area contributed by atoms with E-state index in [0.717, 1.165) is 12.8 Å². The van der Waals surface area contributed by atoms with Gasteiger partial charge < -0.3 is 10.4 Å². The van der Waals surface area contributed by atoms with E-state index in [1.165, 1.54) is 0 Å². The lowest BCUT2D eigenvalue weighted by Crippen LogP contribution is -2.33. The van der Waals surface area contributed by atoms with Gasteiger partial charge in [0.1, 0.15) is 0 Å². The van der Waals surface area contributed by atoms with Gasteiger partial charge in [-0.3, -0.25) is 4.79 Å². The molecule has 2 N–H and O–H groups in total. The maximum absolute atomic E-state index is 11.1. The molecule has 1 aliphatic heterocycles. The summed E-state index contributed by atoms with van der Waals surface area (Å²) in [5.74, 6) is 0.0116. The van der Waals surface area contributed by atoms with E-state index in [2.05, 4.69) is 5.32 Å². The zero-order valence-electron chi connectivity index (χ0n) is 6.18. The second kappa shape index (κ2) is 2.58. The Labute approximate surface area is 60.4 Å². The Bertz CT molecular complexity index is 141. The highest BCUT2D eigenvalue weighted by atomic mass is 16.3. The quantitative estimate of drug-likeness (QED) is 0.567. The molecule has 3 heteroatoms. The molecule has 1 rings (SSSR count). The number of rotatable bonds is 2. The fourth-order valence-electron chi connectivity index (χ4n) is 1.32. The van der Waals surface area contributed by atoms with Crippen molar-refractivity contribution in [1.82, 2.24) is 5.32 Å². The average molecular weight is 143 g/mol. The van der Waals surface area contributed by atoms with Crippen LogP contribution in [-0.2, 0) is 4.79 Å². The van der Waals surface area contributed by atoms with Crippen molar-refractivity contribution < 1.29 is 9.90 Å².